The van der Waals surface area contributed by atoms with Crippen molar-refractivity contribution >= 4 is 23.6 Å². The number of ether oxygens (including phenoxy) is 2. The number of hydrogen-bond acceptors (Lipinski definition) is 4. The molecular weight excluding hydrogens is 416 g/mol. The van der Waals surface area contributed by atoms with E-state index in [2.05, 4.69) is 0 Å². The van der Waals surface area contributed by atoms with Gasteiger partial charge in [-0.05, 0) is 43.4 Å². The summed E-state index contributed by atoms with van der Waals surface area (Å²) in [5.41, 5.74) is 1.87. The average molecular weight is 447 g/mol. The zero-order valence-electron chi connectivity index (χ0n) is 18.8. The van der Waals surface area contributed by atoms with Gasteiger partial charge in [0.25, 0.3) is 0 Å². The van der Waals surface area contributed by atoms with E-state index in [1.165, 1.54) is 0 Å². The quantitative estimate of drug-likeness (QED) is 0.669. The standard InChI is InChI=1S/C27H30N2O4/c30-26(21-10-11-21)28-14-5-9-22(19-28)27(31)29(15-4-8-20-6-2-1-3-7-20)23-12-13-24-25(18-23)33-17-16-32-24/h1-4,6-8,12-13,18,21-22H,5,9-11,14-17,19H2/b8-4+. The Morgan fingerprint density at radius 1 is 0.970 bits per heavy atom. The molecule has 6 nitrogen and oxygen atoms in total. The fourth-order valence-electron chi connectivity index (χ4n) is 4.57. The van der Waals surface area contributed by atoms with Crippen molar-refractivity contribution in [3.63, 3.8) is 0 Å². The number of likely N-dealkylation sites (tertiary alicyclic amines) is 1. The zero-order chi connectivity index (χ0) is 22.6. The van der Waals surface area contributed by atoms with Crippen molar-refractivity contribution in [1.29, 1.82) is 0 Å². The molecule has 2 heterocycles. The SMILES string of the molecule is O=C(C1CC1)N1CCCC(C(=O)N(C/C=C/c2ccccc2)c2ccc3c(c2)OCCO3)C1. The van der Waals surface area contributed by atoms with Gasteiger partial charge in [0.1, 0.15) is 13.2 Å². The maximum Gasteiger partial charge on any atom is 0.232 e. The van der Waals surface area contributed by atoms with Gasteiger partial charge in [-0.3, -0.25) is 9.59 Å². The first kappa shape index (κ1) is 21.6. The summed E-state index contributed by atoms with van der Waals surface area (Å²) in [7, 11) is 0. The number of benzene rings is 2. The van der Waals surface area contributed by atoms with E-state index in [1.54, 1.807) is 0 Å². The van der Waals surface area contributed by atoms with Crippen LogP contribution < -0.4 is 14.4 Å². The second-order valence-electron chi connectivity index (χ2n) is 8.99. The summed E-state index contributed by atoms with van der Waals surface area (Å²) in [6.45, 7) is 2.75. The summed E-state index contributed by atoms with van der Waals surface area (Å²) in [5, 5.41) is 0. The largest absolute Gasteiger partial charge is 0.486 e. The fraction of sp³-hybridized carbons (Fsp3) is 0.407. The van der Waals surface area contributed by atoms with Gasteiger partial charge in [0.2, 0.25) is 11.8 Å². The minimum atomic E-state index is -0.195. The molecule has 1 saturated carbocycles. The molecule has 2 amide bonds. The van der Waals surface area contributed by atoms with Crippen LogP contribution in [0.25, 0.3) is 6.08 Å². The molecule has 6 heteroatoms. The molecule has 2 fully saturated rings. The first-order chi connectivity index (χ1) is 16.2. The molecule has 2 aromatic carbocycles. The Balaban J connectivity index is 1.37. The summed E-state index contributed by atoms with van der Waals surface area (Å²) in [4.78, 5) is 30.1. The van der Waals surface area contributed by atoms with Gasteiger partial charge in [-0.1, -0.05) is 42.5 Å². The number of rotatable bonds is 6. The number of fused-ring (bicyclic) bond motifs is 1. The van der Waals surface area contributed by atoms with Crippen LogP contribution in [0.1, 0.15) is 31.2 Å². The van der Waals surface area contributed by atoms with E-state index < -0.39 is 0 Å². The van der Waals surface area contributed by atoms with E-state index in [-0.39, 0.29) is 23.7 Å². The second kappa shape index (κ2) is 9.69. The van der Waals surface area contributed by atoms with Gasteiger partial charge in [-0.15, -0.1) is 0 Å². The summed E-state index contributed by atoms with van der Waals surface area (Å²) in [5.74, 6) is 1.63. The third-order valence-electron chi connectivity index (χ3n) is 6.51. The van der Waals surface area contributed by atoms with E-state index in [0.717, 1.165) is 43.5 Å². The molecule has 2 aliphatic heterocycles. The first-order valence-electron chi connectivity index (χ1n) is 11.9. The number of nitrogens with zero attached hydrogens (tertiary/aromatic N) is 2. The molecule has 1 unspecified atom stereocenters. The molecule has 0 aromatic heterocycles. The summed E-state index contributed by atoms with van der Waals surface area (Å²) in [6, 6.07) is 15.7. The van der Waals surface area contributed by atoms with E-state index >= 15 is 0 Å². The summed E-state index contributed by atoms with van der Waals surface area (Å²) >= 11 is 0. The number of hydrogen-bond donors (Lipinski definition) is 0. The number of amides is 2. The van der Waals surface area contributed by atoms with Crippen LogP contribution in [0.15, 0.2) is 54.6 Å². The number of carbonyl (C=O) groups excluding carboxylic acids is 2. The molecule has 33 heavy (non-hydrogen) atoms. The van der Waals surface area contributed by atoms with Gasteiger partial charge in [-0.2, -0.15) is 0 Å². The van der Waals surface area contributed by atoms with E-state index in [9.17, 15) is 9.59 Å². The Morgan fingerprint density at radius 3 is 2.55 bits per heavy atom. The van der Waals surface area contributed by atoms with Crippen molar-refractivity contribution in [2.45, 2.75) is 25.7 Å². The lowest BCUT2D eigenvalue weighted by molar-refractivity contribution is -0.136. The summed E-state index contributed by atoms with van der Waals surface area (Å²) in [6.07, 6.45) is 7.69. The highest BCUT2D eigenvalue weighted by atomic mass is 16.6. The minimum Gasteiger partial charge on any atom is -0.486 e. The molecule has 2 aromatic rings. The minimum absolute atomic E-state index is 0.0534. The van der Waals surface area contributed by atoms with Crippen LogP contribution in [0.5, 0.6) is 11.5 Å². The summed E-state index contributed by atoms with van der Waals surface area (Å²) < 4.78 is 11.4. The maximum atomic E-state index is 13.7. The topological polar surface area (TPSA) is 59.1 Å². The zero-order valence-corrected chi connectivity index (χ0v) is 18.8. The average Bonchev–Trinajstić information content (AvgIpc) is 3.72. The van der Waals surface area contributed by atoms with Crippen molar-refractivity contribution in [2.24, 2.45) is 11.8 Å². The van der Waals surface area contributed by atoms with Crippen molar-refractivity contribution in [3.05, 3.63) is 60.2 Å². The molecule has 1 atom stereocenters. The fourth-order valence-corrected chi connectivity index (χ4v) is 4.57. The lowest BCUT2D eigenvalue weighted by Crippen LogP contribution is -2.47. The second-order valence-corrected chi connectivity index (χ2v) is 8.99. The molecule has 172 valence electrons. The van der Waals surface area contributed by atoms with Gasteiger partial charge >= 0.3 is 0 Å². The van der Waals surface area contributed by atoms with E-state index in [0.29, 0.717) is 37.8 Å². The maximum absolute atomic E-state index is 13.7. The molecule has 5 rings (SSSR count). The van der Waals surface area contributed by atoms with Gasteiger partial charge in [0.15, 0.2) is 11.5 Å². The normalized spacial score (nSPS) is 20.0. The Hall–Kier alpha value is -3.28. The van der Waals surface area contributed by atoms with E-state index in [4.69, 9.17) is 9.47 Å². The van der Waals surface area contributed by atoms with Crippen molar-refractivity contribution in [1.82, 2.24) is 4.90 Å². The van der Waals surface area contributed by atoms with Crippen LogP contribution >= 0.6 is 0 Å². The van der Waals surface area contributed by atoms with Crippen LogP contribution in [0.4, 0.5) is 5.69 Å². The highest BCUT2D eigenvalue weighted by Crippen LogP contribution is 2.36. The molecular formula is C27H30N2O4. The first-order valence-corrected chi connectivity index (χ1v) is 11.9. The third-order valence-corrected chi connectivity index (χ3v) is 6.51. The van der Waals surface area contributed by atoms with Crippen LogP contribution in [-0.4, -0.2) is 49.6 Å². The molecule has 0 radical (unpaired) electrons. The molecule has 1 aliphatic carbocycles. The van der Waals surface area contributed by atoms with Gasteiger partial charge in [0.05, 0.1) is 5.92 Å². The van der Waals surface area contributed by atoms with Crippen LogP contribution in [-0.2, 0) is 9.59 Å². The van der Waals surface area contributed by atoms with Crippen LogP contribution in [0.2, 0.25) is 0 Å². The highest BCUT2D eigenvalue weighted by Gasteiger charge is 2.37. The highest BCUT2D eigenvalue weighted by molar-refractivity contribution is 5.96. The van der Waals surface area contributed by atoms with Crippen molar-refractivity contribution in [2.75, 3.05) is 37.7 Å². The van der Waals surface area contributed by atoms with Gasteiger partial charge < -0.3 is 19.3 Å². The molecule has 0 bridgehead atoms. The van der Waals surface area contributed by atoms with Crippen molar-refractivity contribution in [3.8, 4) is 11.5 Å². The third kappa shape index (κ3) is 5.05. The van der Waals surface area contributed by atoms with Crippen LogP contribution in [0, 0.1) is 11.8 Å². The Morgan fingerprint density at radius 2 is 1.76 bits per heavy atom. The molecule has 0 N–H and O–H groups in total. The molecule has 3 aliphatic rings. The smallest absolute Gasteiger partial charge is 0.232 e. The Bertz CT molecular complexity index is 1030. The number of piperidine rings is 1. The Kier molecular flexibility index (Phi) is 6.33. The molecule has 1 saturated heterocycles. The van der Waals surface area contributed by atoms with Gasteiger partial charge in [0, 0.05) is 37.3 Å². The Labute approximate surface area is 194 Å². The van der Waals surface area contributed by atoms with Gasteiger partial charge in [-0.25, -0.2) is 0 Å². The predicted molar refractivity (Wildman–Crippen MR) is 127 cm³/mol. The lowest BCUT2D eigenvalue weighted by Gasteiger charge is -2.35. The van der Waals surface area contributed by atoms with Crippen molar-refractivity contribution < 1.29 is 19.1 Å². The van der Waals surface area contributed by atoms with E-state index in [1.807, 2.05) is 70.5 Å². The lowest BCUT2D eigenvalue weighted by atomic mass is 9.95. The molecule has 0 spiro atoms. The van der Waals surface area contributed by atoms with Crippen LogP contribution in [0.3, 0.4) is 0 Å². The number of carbonyl (C=O) groups is 2. The monoisotopic (exact) mass is 446 g/mol. The predicted octanol–water partition coefficient (Wildman–Crippen LogP) is 4.15. The number of anilines is 1.